The molecule has 0 bridgehead atoms. The van der Waals surface area contributed by atoms with E-state index in [1.54, 1.807) is 0 Å². The highest BCUT2D eigenvalue weighted by atomic mass is 35.5. The molecule has 0 radical (unpaired) electrons. The summed E-state index contributed by atoms with van der Waals surface area (Å²) in [7, 11) is 0. The van der Waals surface area contributed by atoms with E-state index in [0.29, 0.717) is 5.82 Å². The Balaban J connectivity index is 2.46. The average Bonchev–Trinajstić information content (AvgIpc) is 2.81. The molecule has 0 aliphatic rings. The van der Waals surface area contributed by atoms with Crippen LogP contribution in [0, 0.1) is 0 Å². The second-order valence-electron chi connectivity index (χ2n) is 4.09. The zero-order valence-electron chi connectivity index (χ0n) is 10.9. The van der Waals surface area contributed by atoms with Crippen LogP contribution >= 0.6 is 11.6 Å². The normalized spacial score (nSPS) is 10.5. The summed E-state index contributed by atoms with van der Waals surface area (Å²) >= 11 is 5.88. The van der Waals surface area contributed by atoms with Gasteiger partial charge in [0.05, 0.1) is 11.6 Å². The Kier molecular flexibility index (Phi) is 4.16. The van der Waals surface area contributed by atoms with Crippen molar-refractivity contribution in [1.29, 1.82) is 0 Å². The Morgan fingerprint density at radius 3 is 2.74 bits per heavy atom. The molecule has 5 nitrogen and oxygen atoms in total. The highest BCUT2D eigenvalue weighted by molar-refractivity contribution is 6.16. The number of hydrogen-bond acceptors (Lipinski definition) is 3. The number of aryl methyl sites for hydroxylation is 1. The number of carbonyl (C=O) groups is 1. The fourth-order valence-electron chi connectivity index (χ4n) is 1.89. The van der Waals surface area contributed by atoms with E-state index in [1.165, 1.54) is 6.92 Å². The van der Waals surface area contributed by atoms with Crippen molar-refractivity contribution in [1.82, 2.24) is 14.8 Å². The highest BCUT2D eigenvalue weighted by Crippen LogP contribution is 2.19. The lowest BCUT2D eigenvalue weighted by Crippen LogP contribution is -2.08. The minimum Gasteiger partial charge on any atom is -0.326 e. The van der Waals surface area contributed by atoms with E-state index in [0.717, 1.165) is 23.6 Å². The first-order valence-corrected chi connectivity index (χ1v) is 6.56. The van der Waals surface area contributed by atoms with Gasteiger partial charge in [-0.1, -0.05) is 13.0 Å². The van der Waals surface area contributed by atoms with E-state index in [-0.39, 0.29) is 11.8 Å². The van der Waals surface area contributed by atoms with Gasteiger partial charge in [-0.15, -0.1) is 21.8 Å². The van der Waals surface area contributed by atoms with Gasteiger partial charge in [-0.25, -0.2) is 0 Å². The Morgan fingerprint density at radius 2 is 2.11 bits per heavy atom. The van der Waals surface area contributed by atoms with Gasteiger partial charge in [0.25, 0.3) is 0 Å². The van der Waals surface area contributed by atoms with Gasteiger partial charge in [-0.3, -0.25) is 9.36 Å². The van der Waals surface area contributed by atoms with Gasteiger partial charge >= 0.3 is 0 Å². The minimum atomic E-state index is -0.103. The van der Waals surface area contributed by atoms with E-state index in [2.05, 4.69) is 15.5 Å². The molecule has 0 saturated carbocycles. The Labute approximate surface area is 116 Å². The lowest BCUT2D eigenvalue weighted by molar-refractivity contribution is -0.114. The number of halogens is 1. The molecule has 100 valence electrons. The summed E-state index contributed by atoms with van der Waals surface area (Å²) in [5.74, 6) is 1.72. The minimum absolute atomic E-state index is 0.103. The fourth-order valence-corrected chi connectivity index (χ4v) is 2.07. The largest absolute Gasteiger partial charge is 0.326 e. The third-order valence-electron chi connectivity index (χ3n) is 2.66. The molecular weight excluding hydrogens is 264 g/mol. The number of anilines is 1. The number of hydrogen-bond donors (Lipinski definition) is 1. The summed E-state index contributed by atoms with van der Waals surface area (Å²) in [5.41, 5.74) is 1.63. The van der Waals surface area contributed by atoms with Gasteiger partial charge < -0.3 is 5.32 Å². The van der Waals surface area contributed by atoms with E-state index < -0.39 is 0 Å². The first-order chi connectivity index (χ1) is 9.15. The van der Waals surface area contributed by atoms with Crippen molar-refractivity contribution in [2.24, 2.45) is 0 Å². The number of alkyl halides is 1. The maximum absolute atomic E-state index is 11.1. The van der Waals surface area contributed by atoms with Gasteiger partial charge in [-0.05, 0) is 18.2 Å². The molecule has 19 heavy (non-hydrogen) atoms. The molecule has 0 saturated heterocycles. The molecule has 0 aliphatic heterocycles. The van der Waals surface area contributed by atoms with Crippen LogP contribution in [0.1, 0.15) is 25.5 Å². The molecule has 1 heterocycles. The van der Waals surface area contributed by atoms with Crippen molar-refractivity contribution in [2.75, 3.05) is 5.32 Å². The zero-order valence-corrected chi connectivity index (χ0v) is 11.6. The quantitative estimate of drug-likeness (QED) is 0.874. The molecule has 0 aliphatic carbocycles. The number of amides is 1. The molecule has 0 spiro atoms. The summed E-state index contributed by atoms with van der Waals surface area (Å²) in [6, 6.07) is 7.52. The predicted octanol–water partition coefficient (Wildman–Crippen LogP) is 2.53. The number of nitrogens with one attached hydrogen (secondary N) is 1. The molecule has 1 amide bonds. The molecule has 1 aromatic carbocycles. The van der Waals surface area contributed by atoms with Crippen LogP contribution in [0.3, 0.4) is 0 Å². The summed E-state index contributed by atoms with van der Waals surface area (Å²) in [4.78, 5) is 11.1. The Hall–Kier alpha value is -1.88. The van der Waals surface area contributed by atoms with Crippen LogP contribution in [0.15, 0.2) is 24.3 Å². The van der Waals surface area contributed by atoms with Crippen LogP contribution in [-0.4, -0.2) is 20.7 Å². The maximum Gasteiger partial charge on any atom is 0.221 e. The van der Waals surface area contributed by atoms with Crippen LogP contribution in [0.4, 0.5) is 5.69 Å². The van der Waals surface area contributed by atoms with Crippen molar-refractivity contribution < 1.29 is 4.79 Å². The van der Waals surface area contributed by atoms with E-state index in [9.17, 15) is 4.79 Å². The predicted molar refractivity (Wildman–Crippen MR) is 74.6 cm³/mol. The van der Waals surface area contributed by atoms with Gasteiger partial charge in [-0.2, -0.15) is 0 Å². The van der Waals surface area contributed by atoms with Gasteiger partial charge in [0.2, 0.25) is 5.91 Å². The Bertz CT molecular complexity index is 573. The standard InChI is InChI=1S/C13H15ClN4O/c1-3-12-16-17-13(8-14)18(12)11-6-4-5-10(7-11)15-9(2)19/h4-7H,3,8H2,1-2H3,(H,15,19). The van der Waals surface area contributed by atoms with E-state index in [1.807, 2.05) is 35.8 Å². The molecule has 6 heteroatoms. The topological polar surface area (TPSA) is 59.8 Å². The number of aromatic nitrogens is 3. The third-order valence-corrected chi connectivity index (χ3v) is 2.90. The molecule has 1 aromatic heterocycles. The maximum atomic E-state index is 11.1. The first kappa shape index (κ1) is 13.5. The first-order valence-electron chi connectivity index (χ1n) is 6.03. The van der Waals surface area contributed by atoms with Gasteiger partial charge in [0, 0.05) is 19.0 Å². The number of benzene rings is 1. The molecular formula is C13H15ClN4O. The second-order valence-corrected chi connectivity index (χ2v) is 4.35. The van der Waals surface area contributed by atoms with Gasteiger partial charge in [0.1, 0.15) is 5.82 Å². The van der Waals surface area contributed by atoms with Crippen molar-refractivity contribution >= 4 is 23.2 Å². The average molecular weight is 279 g/mol. The number of nitrogens with zero attached hydrogens (tertiary/aromatic N) is 3. The van der Waals surface area contributed by atoms with Crippen LogP contribution in [0.5, 0.6) is 0 Å². The van der Waals surface area contributed by atoms with Crippen molar-refractivity contribution in [3.63, 3.8) is 0 Å². The summed E-state index contributed by atoms with van der Waals surface area (Å²) < 4.78 is 1.91. The molecule has 0 unspecified atom stereocenters. The highest BCUT2D eigenvalue weighted by Gasteiger charge is 2.12. The van der Waals surface area contributed by atoms with E-state index >= 15 is 0 Å². The lowest BCUT2D eigenvalue weighted by Gasteiger charge is -2.10. The van der Waals surface area contributed by atoms with Crippen molar-refractivity contribution in [2.45, 2.75) is 26.1 Å². The van der Waals surface area contributed by atoms with E-state index in [4.69, 9.17) is 11.6 Å². The number of carbonyl (C=O) groups excluding carboxylic acids is 1. The summed E-state index contributed by atoms with van der Waals surface area (Å²) in [5, 5.41) is 10.9. The Morgan fingerprint density at radius 1 is 1.37 bits per heavy atom. The number of rotatable bonds is 4. The summed E-state index contributed by atoms with van der Waals surface area (Å²) in [6.45, 7) is 3.49. The third kappa shape index (κ3) is 2.93. The molecule has 2 aromatic rings. The second kappa shape index (κ2) is 5.84. The van der Waals surface area contributed by atoms with Crippen LogP contribution < -0.4 is 5.32 Å². The van der Waals surface area contributed by atoms with Crippen molar-refractivity contribution in [3.05, 3.63) is 35.9 Å². The lowest BCUT2D eigenvalue weighted by atomic mass is 10.2. The smallest absolute Gasteiger partial charge is 0.221 e. The van der Waals surface area contributed by atoms with Crippen LogP contribution in [0.2, 0.25) is 0 Å². The monoisotopic (exact) mass is 278 g/mol. The summed E-state index contributed by atoms with van der Waals surface area (Å²) in [6.07, 6.45) is 0.758. The molecule has 0 fully saturated rings. The van der Waals surface area contributed by atoms with Crippen LogP contribution in [0.25, 0.3) is 5.69 Å². The SMILES string of the molecule is CCc1nnc(CCl)n1-c1cccc(NC(C)=O)c1. The van der Waals surface area contributed by atoms with Crippen molar-refractivity contribution in [3.8, 4) is 5.69 Å². The zero-order chi connectivity index (χ0) is 13.8. The molecule has 0 atom stereocenters. The van der Waals surface area contributed by atoms with Crippen LogP contribution in [-0.2, 0) is 17.1 Å². The van der Waals surface area contributed by atoms with Gasteiger partial charge in [0.15, 0.2) is 5.82 Å². The molecule has 1 N–H and O–H groups in total. The molecule has 2 rings (SSSR count). The fraction of sp³-hybridized carbons (Fsp3) is 0.308.